The molecular formula is C54H61F5N8O13. The van der Waals surface area contributed by atoms with Crippen LogP contribution in [0.5, 0.6) is 0 Å². The molecule has 26 heteroatoms. The lowest BCUT2D eigenvalue weighted by Crippen LogP contribution is -2.57. The molecule has 1 aliphatic heterocycles. The smallest absolute Gasteiger partial charge is 0.475 e. The molecule has 2 heterocycles. The summed E-state index contributed by atoms with van der Waals surface area (Å²) in [5, 5.41) is 27.5. The average Bonchev–Trinajstić information content (AvgIpc) is 3.97. The summed E-state index contributed by atoms with van der Waals surface area (Å²) in [7, 11) is 0. The van der Waals surface area contributed by atoms with Gasteiger partial charge in [0.2, 0.25) is 29.5 Å². The van der Waals surface area contributed by atoms with Crippen LogP contribution in [0.15, 0.2) is 103 Å². The Balaban J connectivity index is 0.00000184. The maximum atomic E-state index is 15.4. The van der Waals surface area contributed by atoms with E-state index in [1.165, 1.54) is 11.8 Å². The minimum Gasteiger partial charge on any atom is -0.475 e. The molecule has 0 aliphatic carbocycles. The third-order valence-electron chi connectivity index (χ3n) is 11.9. The van der Waals surface area contributed by atoms with Gasteiger partial charge in [-0.15, -0.1) is 0 Å². The summed E-state index contributed by atoms with van der Waals surface area (Å²) >= 11 is 0. The Morgan fingerprint density at radius 1 is 0.787 bits per heavy atom. The van der Waals surface area contributed by atoms with Crippen LogP contribution in [-0.4, -0.2) is 134 Å². The number of carboxylic acids is 1. The number of imide groups is 1. The SMILES string of the molecule is C[C@H](NC(=O)OCc1ccccc1)C(=O)N[C@@H](CC(N)=O)C(=O)N[C@@H](CCN(C(=O)CO)[C@@H](c1cc(-c2cc(F)ccc2F)cn1Cc1ccccc1)C(C)(C)C)C(=O)NCCCC(=O)CN1C(=O)C=CC1=O.O=C(O)C(F)(F)F. The average molecular weight is 1130 g/mol. The fourth-order valence-electron chi connectivity index (χ4n) is 8.09. The molecule has 80 heavy (non-hydrogen) atoms. The number of alkyl carbamates (subject to hydrolysis) is 1. The van der Waals surface area contributed by atoms with E-state index in [0.717, 1.165) is 40.8 Å². The van der Waals surface area contributed by atoms with Crippen molar-refractivity contribution in [2.75, 3.05) is 26.2 Å². The molecule has 8 amide bonds. The molecule has 1 aliphatic rings. The number of aliphatic carboxylic acids is 1. The van der Waals surface area contributed by atoms with E-state index in [2.05, 4.69) is 21.3 Å². The van der Waals surface area contributed by atoms with E-state index in [-0.39, 0.29) is 56.6 Å². The number of hydrogen-bond donors (Lipinski definition) is 7. The van der Waals surface area contributed by atoms with Crippen molar-refractivity contribution in [2.24, 2.45) is 11.1 Å². The number of halogens is 5. The van der Waals surface area contributed by atoms with E-state index in [4.69, 9.17) is 20.4 Å². The Kier molecular flexibility index (Phi) is 23.3. The van der Waals surface area contributed by atoms with E-state index in [1.54, 1.807) is 47.2 Å². The van der Waals surface area contributed by atoms with Crippen LogP contribution in [0.25, 0.3) is 11.1 Å². The zero-order valence-electron chi connectivity index (χ0n) is 43.9. The van der Waals surface area contributed by atoms with E-state index in [1.807, 2.05) is 51.1 Å². The lowest BCUT2D eigenvalue weighted by Gasteiger charge is -2.41. The summed E-state index contributed by atoms with van der Waals surface area (Å²) in [5.41, 5.74) is 6.78. The molecule has 0 spiro atoms. The highest BCUT2D eigenvalue weighted by Crippen LogP contribution is 2.41. The van der Waals surface area contributed by atoms with Crippen molar-refractivity contribution in [1.29, 1.82) is 0 Å². The van der Waals surface area contributed by atoms with Crippen LogP contribution >= 0.6 is 0 Å². The fraction of sp³-hybridized carbons (Fsp3) is 0.370. The first-order valence-electron chi connectivity index (χ1n) is 24.7. The van der Waals surface area contributed by atoms with Gasteiger partial charge in [-0.05, 0) is 60.6 Å². The summed E-state index contributed by atoms with van der Waals surface area (Å²) in [4.78, 5) is 128. The number of rotatable bonds is 25. The molecule has 0 saturated heterocycles. The zero-order chi connectivity index (χ0) is 59.5. The molecule has 4 aromatic rings. The molecule has 1 aromatic heterocycles. The summed E-state index contributed by atoms with van der Waals surface area (Å²) in [6, 6.07) is 17.0. The Labute approximate surface area is 455 Å². The molecule has 0 radical (unpaired) electrons. The van der Waals surface area contributed by atoms with E-state index in [9.17, 15) is 65.8 Å². The number of ether oxygens (including phenoxy) is 1. The number of alkyl halides is 3. The van der Waals surface area contributed by atoms with Gasteiger partial charge in [0.15, 0.2) is 5.78 Å². The lowest BCUT2D eigenvalue weighted by atomic mass is 9.82. The number of carboxylic acid groups (broad SMARTS) is 1. The number of aromatic nitrogens is 1. The molecule has 4 atom stereocenters. The number of carbonyl (C=O) groups is 10. The summed E-state index contributed by atoms with van der Waals surface area (Å²) < 4.78 is 68.6. The van der Waals surface area contributed by atoms with Crippen molar-refractivity contribution in [2.45, 2.75) is 96.9 Å². The van der Waals surface area contributed by atoms with Gasteiger partial charge in [0.1, 0.15) is 43.0 Å². The van der Waals surface area contributed by atoms with Crippen molar-refractivity contribution in [3.05, 3.63) is 132 Å². The molecule has 0 fully saturated rings. The molecule has 8 N–H and O–H groups in total. The first-order valence-corrected chi connectivity index (χ1v) is 24.7. The number of nitrogens with two attached hydrogens (primary N) is 1. The standard InChI is InChI=1S/C52H60F2N8O11.C2HF3O2/c1-32(57-51(72)73-31-34-14-9-6-10-15-34)48(69)59-41(26-43(55)65)50(71)58-40(49(70)56-22-11-16-37(64)29-62-44(66)19-20-45(62)67)21-23-61(46(68)30-63)47(52(2,3)4)42-24-35(38-25-36(53)17-18-39(38)54)28-60(42)27-33-12-7-5-8-13-33;3-2(4,5)1(6)7/h5-10,12-15,17-20,24-25,28,32,40-41,47,63H,11,16,21-23,26-27,29-31H2,1-4H3,(H2,55,65)(H,56,70)(H,57,72)(H,58,71)(H,59,69);(H,6,7)/t32-,40-,41-,47-;/m0./s1. The van der Waals surface area contributed by atoms with Gasteiger partial charge in [0.25, 0.3) is 11.8 Å². The lowest BCUT2D eigenvalue weighted by molar-refractivity contribution is -0.192. The van der Waals surface area contributed by atoms with Gasteiger partial charge in [-0.25, -0.2) is 18.4 Å². The minimum atomic E-state index is -5.08. The number of hydrogen-bond acceptors (Lipinski definition) is 12. The molecule has 21 nitrogen and oxygen atoms in total. The van der Waals surface area contributed by atoms with Crippen LogP contribution < -0.4 is 27.0 Å². The number of aliphatic hydroxyl groups excluding tert-OH is 1. The van der Waals surface area contributed by atoms with Gasteiger partial charge in [0.05, 0.1) is 19.0 Å². The number of aliphatic hydroxyl groups is 1. The number of Topliss-reactive ketones (excluding diaryl/α,β-unsaturated/α-hetero) is 1. The molecule has 0 bridgehead atoms. The Hall–Kier alpha value is -8.81. The van der Waals surface area contributed by atoms with Crippen LogP contribution in [0.4, 0.5) is 26.7 Å². The normalized spacial score (nSPS) is 13.7. The number of carbonyl (C=O) groups excluding carboxylic acids is 9. The highest BCUT2D eigenvalue weighted by molar-refractivity contribution is 6.14. The van der Waals surface area contributed by atoms with Gasteiger partial charge in [-0.1, -0.05) is 81.4 Å². The monoisotopic (exact) mass is 1120 g/mol. The van der Waals surface area contributed by atoms with Crippen LogP contribution in [-0.2, 0) is 61.0 Å². The molecule has 430 valence electrons. The number of ketones is 1. The first kappa shape index (κ1) is 63.7. The van der Waals surface area contributed by atoms with Crippen LogP contribution in [0, 0.1) is 17.0 Å². The summed E-state index contributed by atoms with van der Waals surface area (Å²) in [5.74, 6) is -10.6. The first-order chi connectivity index (χ1) is 37.6. The number of nitrogens with zero attached hydrogens (tertiary/aromatic N) is 3. The fourth-order valence-corrected chi connectivity index (χ4v) is 8.09. The van der Waals surface area contributed by atoms with E-state index >= 15 is 4.39 Å². The van der Waals surface area contributed by atoms with E-state index in [0.29, 0.717) is 11.3 Å². The maximum absolute atomic E-state index is 15.4. The summed E-state index contributed by atoms with van der Waals surface area (Å²) in [6.07, 6.45) is -3.60. The molecule has 0 saturated carbocycles. The van der Waals surface area contributed by atoms with Gasteiger partial charge in [-0.3, -0.25) is 43.3 Å². The van der Waals surface area contributed by atoms with Gasteiger partial charge >= 0.3 is 18.2 Å². The number of nitrogens with one attached hydrogen (secondary N) is 4. The third kappa shape index (κ3) is 19.6. The Morgan fingerprint density at radius 3 is 1.94 bits per heavy atom. The number of primary amides is 1. The second kappa shape index (κ2) is 29.2. The molecule has 0 unspecified atom stereocenters. The van der Waals surface area contributed by atoms with Crippen molar-refractivity contribution >= 4 is 59.2 Å². The topological polar surface area (TPSA) is 306 Å². The second-order valence-electron chi connectivity index (χ2n) is 19.2. The predicted octanol–water partition coefficient (Wildman–Crippen LogP) is 3.96. The van der Waals surface area contributed by atoms with Crippen molar-refractivity contribution in [3.63, 3.8) is 0 Å². The predicted molar refractivity (Wildman–Crippen MR) is 275 cm³/mol. The quantitative estimate of drug-likeness (QED) is 0.0281. The minimum absolute atomic E-state index is 0.0295. The number of benzene rings is 3. The van der Waals surface area contributed by atoms with Crippen molar-refractivity contribution in [3.8, 4) is 11.1 Å². The highest BCUT2D eigenvalue weighted by atomic mass is 19.4. The highest BCUT2D eigenvalue weighted by Gasteiger charge is 2.40. The Bertz CT molecular complexity index is 2890. The van der Waals surface area contributed by atoms with Gasteiger partial charge < -0.3 is 51.4 Å². The van der Waals surface area contributed by atoms with Gasteiger partial charge in [-0.2, -0.15) is 13.2 Å². The van der Waals surface area contributed by atoms with Gasteiger partial charge in [0, 0.05) is 61.2 Å². The third-order valence-corrected chi connectivity index (χ3v) is 11.9. The van der Waals surface area contributed by atoms with E-state index < -0.39 is 126 Å². The van der Waals surface area contributed by atoms with Crippen LogP contribution in [0.3, 0.4) is 0 Å². The largest absolute Gasteiger partial charge is 0.490 e. The Morgan fingerprint density at radius 2 is 1.38 bits per heavy atom. The van der Waals surface area contributed by atoms with Crippen LogP contribution in [0.2, 0.25) is 0 Å². The summed E-state index contributed by atoms with van der Waals surface area (Å²) in [6.45, 7) is 4.85. The van der Waals surface area contributed by atoms with Crippen molar-refractivity contribution < 1.29 is 84.8 Å². The second-order valence-corrected chi connectivity index (χ2v) is 19.2. The van der Waals surface area contributed by atoms with Crippen LogP contribution in [0.1, 0.15) is 76.2 Å². The molecule has 5 rings (SSSR count). The number of amides is 8. The molecular weight excluding hydrogens is 1060 g/mol. The zero-order valence-corrected chi connectivity index (χ0v) is 43.9. The maximum Gasteiger partial charge on any atom is 0.490 e. The molecule has 3 aromatic carbocycles. The van der Waals surface area contributed by atoms with Crippen molar-refractivity contribution in [1.82, 2.24) is 35.6 Å².